The SMILES string of the molecule is C1=CCC=C1.CC.CC.CC.CC.Cc1ccccc1.c1ccccc1. The molecule has 0 bridgehead atoms. The van der Waals surface area contributed by atoms with Crippen LogP contribution in [0.2, 0.25) is 0 Å². The van der Waals surface area contributed by atoms with Gasteiger partial charge in [-0.2, -0.15) is 0 Å². The maximum absolute atomic E-state index is 2.12. The van der Waals surface area contributed by atoms with Crippen molar-refractivity contribution in [1.82, 2.24) is 0 Å². The Labute approximate surface area is 165 Å². The van der Waals surface area contributed by atoms with E-state index in [9.17, 15) is 0 Å². The van der Waals surface area contributed by atoms with E-state index in [1.54, 1.807) is 0 Å². The highest BCUT2D eigenvalue weighted by molar-refractivity contribution is 5.12. The van der Waals surface area contributed by atoms with Gasteiger partial charge in [0, 0.05) is 0 Å². The van der Waals surface area contributed by atoms with Gasteiger partial charge in [0.15, 0.2) is 0 Å². The van der Waals surface area contributed by atoms with Gasteiger partial charge >= 0.3 is 0 Å². The molecule has 2 aromatic rings. The molecule has 26 heavy (non-hydrogen) atoms. The molecule has 1 aliphatic carbocycles. The summed E-state index contributed by atoms with van der Waals surface area (Å²) in [5, 5.41) is 0. The molecule has 0 heteroatoms. The third kappa shape index (κ3) is 33.5. The second kappa shape index (κ2) is 38.5. The molecule has 0 saturated carbocycles. The van der Waals surface area contributed by atoms with E-state index in [-0.39, 0.29) is 0 Å². The Bertz CT molecular complexity index is 401. The molecule has 0 amide bonds. The fraction of sp³-hybridized carbons (Fsp3) is 0.385. The van der Waals surface area contributed by atoms with Crippen LogP contribution in [-0.2, 0) is 0 Å². The van der Waals surface area contributed by atoms with Gasteiger partial charge in [-0.05, 0) is 13.3 Å². The Morgan fingerprint density at radius 2 is 0.731 bits per heavy atom. The maximum atomic E-state index is 2.12. The zero-order chi connectivity index (χ0) is 20.9. The van der Waals surface area contributed by atoms with E-state index < -0.39 is 0 Å². The molecule has 0 saturated heterocycles. The molecule has 2 aromatic carbocycles. The molecule has 0 radical (unpaired) electrons. The molecule has 0 unspecified atom stereocenters. The molecule has 3 rings (SSSR count). The van der Waals surface area contributed by atoms with Crippen LogP contribution >= 0.6 is 0 Å². The molecule has 0 heterocycles. The van der Waals surface area contributed by atoms with Crippen molar-refractivity contribution in [3.8, 4) is 0 Å². The minimum absolute atomic E-state index is 1.14. The monoisotopic (exact) mass is 356 g/mol. The van der Waals surface area contributed by atoms with Crippen LogP contribution in [0.5, 0.6) is 0 Å². The first-order chi connectivity index (χ1) is 12.9. The predicted octanol–water partition coefficient (Wildman–Crippen LogP) is 9.29. The standard InChI is InChI=1S/C7H8.C6H6.C5H6.4C2H6/c1-7-5-3-2-4-6-7;1-2-4-6-5-3-1;1-2-4-5-3-1;4*1-2/h2-6H,1H3;1-6H;1-4H,5H2;4*1-2H3. The largest absolute Gasteiger partial charge is 0.0808 e. The van der Waals surface area contributed by atoms with E-state index in [0.29, 0.717) is 0 Å². The van der Waals surface area contributed by atoms with Gasteiger partial charge in [-0.25, -0.2) is 0 Å². The van der Waals surface area contributed by atoms with Crippen molar-refractivity contribution in [2.24, 2.45) is 0 Å². The zero-order valence-corrected chi connectivity index (χ0v) is 18.9. The van der Waals surface area contributed by atoms with Gasteiger partial charge in [0.1, 0.15) is 0 Å². The molecule has 0 spiro atoms. The third-order valence-corrected chi connectivity index (χ3v) is 2.26. The summed E-state index contributed by atoms with van der Waals surface area (Å²) < 4.78 is 0. The van der Waals surface area contributed by atoms with E-state index in [0.717, 1.165) is 6.42 Å². The Kier molecular flexibility index (Phi) is 46.9. The average Bonchev–Trinajstić information content (AvgIpc) is 3.37. The van der Waals surface area contributed by atoms with Gasteiger partial charge in [0.25, 0.3) is 0 Å². The first-order valence-corrected chi connectivity index (χ1v) is 10.2. The maximum Gasteiger partial charge on any atom is -0.0163 e. The van der Waals surface area contributed by atoms with Crippen LogP contribution in [0.3, 0.4) is 0 Å². The molecule has 148 valence electrons. The van der Waals surface area contributed by atoms with Crippen molar-refractivity contribution in [3.05, 3.63) is 96.6 Å². The lowest BCUT2D eigenvalue weighted by Gasteiger charge is -1.82. The van der Waals surface area contributed by atoms with E-state index in [2.05, 4.69) is 43.4 Å². The number of allylic oxidation sites excluding steroid dienone is 4. The van der Waals surface area contributed by atoms with Gasteiger partial charge in [0.2, 0.25) is 0 Å². The number of hydrogen-bond donors (Lipinski definition) is 0. The first kappa shape index (κ1) is 31.7. The van der Waals surface area contributed by atoms with Crippen LogP contribution in [0.15, 0.2) is 91.0 Å². The van der Waals surface area contributed by atoms with Crippen LogP contribution in [0, 0.1) is 6.92 Å². The van der Waals surface area contributed by atoms with Gasteiger partial charge in [-0.15, -0.1) is 0 Å². The minimum atomic E-state index is 1.14. The summed E-state index contributed by atoms with van der Waals surface area (Å²) in [6, 6.07) is 22.3. The molecule has 0 aliphatic heterocycles. The minimum Gasteiger partial charge on any atom is -0.0808 e. The van der Waals surface area contributed by atoms with Crippen molar-refractivity contribution in [2.75, 3.05) is 0 Å². The summed E-state index contributed by atoms with van der Waals surface area (Å²) in [4.78, 5) is 0. The van der Waals surface area contributed by atoms with Crippen LogP contribution in [0.4, 0.5) is 0 Å². The van der Waals surface area contributed by atoms with Gasteiger partial charge < -0.3 is 0 Å². The van der Waals surface area contributed by atoms with Crippen molar-refractivity contribution < 1.29 is 0 Å². The Morgan fingerprint density at radius 1 is 0.462 bits per heavy atom. The fourth-order valence-corrected chi connectivity index (χ4v) is 1.31. The summed E-state index contributed by atoms with van der Waals surface area (Å²) in [6.45, 7) is 18.1. The van der Waals surface area contributed by atoms with Crippen LogP contribution in [0.25, 0.3) is 0 Å². The number of aryl methyl sites for hydroxylation is 1. The van der Waals surface area contributed by atoms with E-state index >= 15 is 0 Å². The Hall–Kier alpha value is -2.08. The topological polar surface area (TPSA) is 0 Å². The van der Waals surface area contributed by atoms with E-state index in [1.807, 2.05) is 110 Å². The molecule has 1 aliphatic rings. The van der Waals surface area contributed by atoms with Crippen LogP contribution in [-0.4, -0.2) is 0 Å². The Balaban J connectivity index is -0.000000118. The lowest BCUT2D eigenvalue weighted by molar-refractivity contribution is 1.45. The quantitative estimate of drug-likeness (QED) is 0.441. The van der Waals surface area contributed by atoms with E-state index in [1.165, 1.54) is 5.56 Å². The summed E-state index contributed by atoms with van der Waals surface area (Å²) in [5.41, 5.74) is 1.32. The second-order valence-corrected chi connectivity index (χ2v) is 3.90. The van der Waals surface area contributed by atoms with Gasteiger partial charge in [0.05, 0.1) is 0 Å². The summed E-state index contributed by atoms with van der Waals surface area (Å²) in [5.74, 6) is 0. The summed E-state index contributed by atoms with van der Waals surface area (Å²) in [6.07, 6.45) is 9.50. The van der Waals surface area contributed by atoms with E-state index in [4.69, 9.17) is 0 Å². The molecule has 0 N–H and O–H groups in total. The summed E-state index contributed by atoms with van der Waals surface area (Å²) >= 11 is 0. The molecule has 0 nitrogen and oxygen atoms in total. The van der Waals surface area contributed by atoms with Gasteiger partial charge in [-0.1, -0.05) is 152 Å². The van der Waals surface area contributed by atoms with Crippen LogP contribution < -0.4 is 0 Å². The number of hydrogen-bond acceptors (Lipinski definition) is 0. The molecular weight excluding hydrogens is 312 g/mol. The summed E-state index contributed by atoms with van der Waals surface area (Å²) in [7, 11) is 0. The van der Waals surface area contributed by atoms with Gasteiger partial charge in [-0.3, -0.25) is 0 Å². The average molecular weight is 357 g/mol. The smallest absolute Gasteiger partial charge is 0.0163 e. The van der Waals surface area contributed by atoms with Crippen LogP contribution in [0.1, 0.15) is 67.4 Å². The lowest BCUT2D eigenvalue weighted by Crippen LogP contribution is -1.62. The first-order valence-electron chi connectivity index (χ1n) is 10.2. The number of benzene rings is 2. The van der Waals surface area contributed by atoms with Crippen molar-refractivity contribution in [1.29, 1.82) is 0 Å². The highest BCUT2D eigenvalue weighted by atomic mass is 13.8. The lowest BCUT2D eigenvalue weighted by atomic mass is 10.2. The molecule has 0 aromatic heterocycles. The molecular formula is C26H44. The Morgan fingerprint density at radius 3 is 0.885 bits per heavy atom. The second-order valence-electron chi connectivity index (χ2n) is 3.90. The normalized spacial score (nSPS) is 8.50. The third-order valence-electron chi connectivity index (χ3n) is 2.26. The molecule has 0 atom stereocenters. The fourth-order valence-electron chi connectivity index (χ4n) is 1.31. The van der Waals surface area contributed by atoms with Crippen molar-refractivity contribution >= 4 is 0 Å². The highest BCUT2D eigenvalue weighted by Crippen LogP contribution is 1.93. The predicted molar refractivity (Wildman–Crippen MR) is 126 cm³/mol. The van der Waals surface area contributed by atoms with Crippen molar-refractivity contribution in [3.63, 3.8) is 0 Å². The van der Waals surface area contributed by atoms with Crippen molar-refractivity contribution in [2.45, 2.75) is 68.7 Å². The number of rotatable bonds is 0. The zero-order valence-electron chi connectivity index (χ0n) is 18.9. The highest BCUT2D eigenvalue weighted by Gasteiger charge is 1.72. The molecule has 0 fully saturated rings.